The van der Waals surface area contributed by atoms with Gasteiger partial charge < -0.3 is 10.2 Å². The summed E-state index contributed by atoms with van der Waals surface area (Å²) in [5.41, 5.74) is 0. The van der Waals surface area contributed by atoms with Crippen LogP contribution >= 0.6 is 0 Å². The number of hydrogen-bond acceptors (Lipinski definition) is 1. The van der Waals surface area contributed by atoms with Crippen LogP contribution in [0.25, 0.3) is 0 Å². The van der Waals surface area contributed by atoms with Gasteiger partial charge in [-0.2, -0.15) is 0 Å². The van der Waals surface area contributed by atoms with Gasteiger partial charge in [0.05, 0.1) is 0 Å². The topological polar surface area (TPSA) is 32.3 Å². The maximum absolute atomic E-state index is 11.2. The molecule has 0 aliphatic heterocycles. The zero-order chi connectivity index (χ0) is 9.14. The van der Waals surface area contributed by atoms with Crippen molar-refractivity contribution >= 4 is 6.03 Å². The Morgan fingerprint density at radius 1 is 1.58 bits per heavy atom. The highest BCUT2D eigenvalue weighted by molar-refractivity contribution is 5.74. The van der Waals surface area contributed by atoms with Crippen molar-refractivity contribution in [2.45, 2.75) is 32.2 Å². The molecule has 1 aliphatic carbocycles. The van der Waals surface area contributed by atoms with Crippen molar-refractivity contribution < 1.29 is 4.79 Å². The molecule has 0 spiro atoms. The molecule has 0 bridgehead atoms. The average Bonchev–Trinajstić information content (AvgIpc) is 2.68. The molecule has 3 heteroatoms. The van der Waals surface area contributed by atoms with E-state index >= 15 is 0 Å². The lowest BCUT2D eigenvalue weighted by molar-refractivity contribution is 0.216. The fraction of sp³-hybridized carbons (Fsp3) is 0.889. The average molecular weight is 170 g/mol. The molecule has 2 atom stereocenters. The van der Waals surface area contributed by atoms with Gasteiger partial charge in [-0.15, -0.1) is 0 Å². The Hall–Kier alpha value is -0.730. The van der Waals surface area contributed by atoms with E-state index in [1.807, 2.05) is 0 Å². The highest BCUT2D eigenvalue weighted by Crippen LogP contribution is 2.34. The fourth-order valence-electron chi connectivity index (χ4n) is 1.40. The highest BCUT2D eigenvalue weighted by atomic mass is 16.2. The molecule has 70 valence electrons. The molecule has 1 N–H and O–H groups in total. The van der Waals surface area contributed by atoms with Crippen molar-refractivity contribution in [2.75, 3.05) is 14.1 Å². The summed E-state index contributed by atoms with van der Waals surface area (Å²) in [6, 6.07) is 0.499. The maximum atomic E-state index is 11.2. The normalized spacial score (nSPS) is 26.6. The largest absolute Gasteiger partial charge is 0.335 e. The number of rotatable bonds is 3. The maximum Gasteiger partial charge on any atom is 0.317 e. The second kappa shape index (κ2) is 3.78. The minimum absolute atomic E-state index is 0.0404. The quantitative estimate of drug-likeness (QED) is 0.683. The van der Waals surface area contributed by atoms with Crippen LogP contribution in [0.5, 0.6) is 0 Å². The van der Waals surface area contributed by atoms with E-state index in [4.69, 9.17) is 0 Å². The molecule has 1 saturated carbocycles. The number of nitrogens with one attached hydrogen (secondary N) is 1. The fourth-order valence-corrected chi connectivity index (χ4v) is 1.40. The number of amides is 2. The molecule has 1 aliphatic rings. The van der Waals surface area contributed by atoms with Crippen LogP contribution in [-0.4, -0.2) is 31.1 Å². The van der Waals surface area contributed by atoms with Crippen LogP contribution in [0.2, 0.25) is 0 Å². The molecule has 12 heavy (non-hydrogen) atoms. The molecule has 0 heterocycles. The zero-order valence-electron chi connectivity index (χ0n) is 8.13. The second-order valence-electron chi connectivity index (χ2n) is 3.73. The molecular weight excluding hydrogens is 152 g/mol. The van der Waals surface area contributed by atoms with E-state index in [0.29, 0.717) is 6.04 Å². The van der Waals surface area contributed by atoms with E-state index in [9.17, 15) is 4.79 Å². The molecule has 1 rings (SSSR count). The summed E-state index contributed by atoms with van der Waals surface area (Å²) in [7, 11) is 3.54. The molecule has 2 unspecified atom stereocenters. The zero-order valence-corrected chi connectivity index (χ0v) is 8.13. The predicted octanol–water partition coefficient (Wildman–Crippen LogP) is 1.45. The van der Waals surface area contributed by atoms with Crippen LogP contribution < -0.4 is 5.32 Å². The summed E-state index contributed by atoms with van der Waals surface area (Å²) in [6.07, 6.45) is 3.64. The van der Waals surface area contributed by atoms with Gasteiger partial charge in [-0.1, -0.05) is 13.3 Å². The van der Waals surface area contributed by atoms with Crippen LogP contribution in [0.1, 0.15) is 26.2 Å². The van der Waals surface area contributed by atoms with Crippen LogP contribution in [0.15, 0.2) is 0 Å². The lowest BCUT2D eigenvalue weighted by Crippen LogP contribution is -2.36. The molecule has 0 aromatic carbocycles. The summed E-state index contributed by atoms with van der Waals surface area (Å²) in [5.74, 6) is 0.749. The lowest BCUT2D eigenvalue weighted by atomic mass is 10.2. The Kier molecular flexibility index (Phi) is 2.95. The standard InChI is InChI=1S/C9H18N2O/c1-4-5-7-6-8(7)10-9(12)11(2)3/h7-8H,4-6H2,1-3H3,(H,10,12). The summed E-state index contributed by atoms with van der Waals surface area (Å²) < 4.78 is 0. The summed E-state index contributed by atoms with van der Waals surface area (Å²) in [5, 5.41) is 2.98. The SMILES string of the molecule is CCCC1CC1NC(=O)N(C)C. The van der Waals surface area contributed by atoms with Crippen molar-refractivity contribution in [3.63, 3.8) is 0 Å². The number of nitrogens with zero attached hydrogens (tertiary/aromatic N) is 1. The summed E-state index contributed by atoms with van der Waals surface area (Å²) >= 11 is 0. The molecule has 0 radical (unpaired) electrons. The van der Waals surface area contributed by atoms with Gasteiger partial charge in [0, 0.05) is 20.1 Å². The first kappa shape index (κ1) is 9.36. The van der Waals surface area contributed by atoms with Gasteiger partial charge in [-0.05, 0) is 18.8 Å². The number of carbonyl (C=O) groups is 1. The molecular formula is C9H18N2O. The summed E-state index contributed by atoms with van der Waals surface area (Å²) in [6.45, 7) is 2.18. The lowest BCUT2D eigenvalue weighted by Gasteiger charge is -2.11. The van der Waals surface area contributed by atoms with Gasteiger partial charge in [0.2, 0.25) is 0 Å². The summed E-state index contributed by atoms with van der Waals surface area (Å²) in [4.78, 5) is 12.7. The Bertz CT molecular complexity index is 168. The predicted molar refractivity (Wildman–Crippen MR) is 49.0 cm³/mol. The minimum Gasteiger partial charge on any atom is -0.335 e. The van der Waals surface area contributed by atoms with Gasteiger partial charge in [0.15, 0.2) is 0 Å². The van der Waals surface area contributed by atoms with Gasteiger partial charge >= 0.3 is 6.03 Å². The number of hydrogen-bond donors (Lipinski definition) is 1. The monoisotopic (exact) mass is 170 g/mol. The van der Waals surface area contributed by atoms with E-state index in [0.717, 1.165) is 5.92 Å². The third-order valence-corrected chi connectivity index (χ3v) is 2.30. The van der Waals surface area contributed by atoms with E-state index in [1.165, 1.54) is 19.3 Å². The Morgan fingerprint density at radius 3 is 2.75 bits per heavy atom. The molecule has 1 fully saturated rings. The molecule has 0 saturated heterocycles. The van der Waals surface area contributed by atoms with Gasteiger partial charge in [-0.3, -0.25) is 0 Å². The molecule has 3 nitrogen and oxygen atoms in total. The third kappa shape index (κ3) is 2.40. The van der Waals surface area contributed by atoms with Gasteiger partial charge in [-0.25, -0.2) is 4.79 Å². The Balaban J connectivity index is 2.14. The van der Waals surface area contributed by atoms with Crippen LogP contribution in [0.4, 0.5) is 4.79 Å². The highest BCUT2D eigenvalue weighted by Gasteiger charge is 2.37. The minimum atomic E-state index is 0.0404. The van der Waals surface area contributed by atoms with Crippen molar-refractivity contribution in [1.29, 1.82) is 0 Å². The van der Waals surface area contributed by atoms with Crippen molar-refractivity contribution in [2.24, 2.45) is 5.92 Å². The van der Waals surface area contributed by atoms with Crippen LogP contribution in [-0.2, 0) is 0 Å². The van der Waals surface area contributed by atoms with E-state index in [2.05, 4.69) is 12.2 Å². The number of urea groups is 1. The number of carbonyl (C=O) groups excluding carboxylic acids is 1. The van der Waals surface area contributed by atoms with E-state index in [-0.39, 0.29) is 6.03 Å². The smallest absolute Gasteiger partial charge is 0.317 e. The second-order valence-corrected chi connectivity index (χ2v) is 3.73. The van der Waals surface area contributed by atoms with E-state index in [1.54, 1.807) is 19.0 Å². The first-order valence-electron chi connectivity index (χ1n) is 4.63. The Labute approximate surface area is 74.1 Å². The first-order chi connectivity index (χ1) is 5.65. The van der Waals surface area contributed by atoms with Crippen molar-refractivity contribution in [1.82, 2.24) is 10.2 Å². The van der Waals surface area contributed by atoms with Crippen molar-refractivity contribution in [3.05, 3.63) is 0 Å². The van der Waals surface area contributed by atoms with Crippen LogP contribution in [0, 0.1) is 5.92 Å². The molecule has 0 aromatic rings. The molecule has 2 amide bonds. The first-order valence-corrected chi connectivity index (χ1v) is 4.63. The van der Waals surface area contributed by atoms with Crippen LogP contribution in [0.3, 0.4) is 0 Å². The third-order valence-electron chi connectivity index (χ3n) is 2.30. The molecule has 0 aromatic heterocycles. The van der Waals surface area contributed by atoms with Crippen molar-refractivity contribution in [3.8, 4) is 0 Å². The van der Waals surface area contributed by atoms with Gasteiger partial charge in [0.25, 0.3) is 0 Å². The Morgan fingerprint density at radius 2 is 2.25 bits per heavy atom. The van der Waals surface area contributed by atoms with Gasteiger partial charge in [0.1, 0.15) is 0 Å². The van der Waals surface area contributed by atoms with E-state index < -0.39 is 0 Å².